The third-order valence-electron chi connectivity index (χ3n) is 9.24. The van der Waals surface area contributed by atoms with Crippen LogP contribution in [0.25, 0.3) is 0 Å². The molecular weight excluding hydrogens is 630 g/mol. The maximum absolute atomic E-state index is 13.4. The smallest absolute Gasteiger partial charge is 0.303 e. The fraction of sp³-hybridized carbons (Fsp3) is 0.857. The first-order valence-corrected chi connectivity index (χ1v) is 20.7. The monoisotopic (exact) mass is 708 g/mol. The molecule has 0 aliphatic heterocycles. The van der Waals surface area contributed by atoms with Crippen molar-refractivity contribution in [2.45, 2.75) is 226 Å². The molecule has 8 heteroatoms. The van der Waals surface area contributed by atoms with Gasteiger partial charge in [0.1, 0.15) is 18.8 Å². The summed E-state index contributed by atoms with van der Waals surface area (Å²) in [7, 11) is 0. The lowest BCUT2D eigenvalue weighted by Gasteiger charge is -2.28. The number of amides is 1. The van der Waals surface area contributed by atoms with E-state index >= 15 is 0 Å². The molecule has 1 N–H and O–H groups in total. The first kappa shape index (κ1) is 47.6. The van der Waals surface area contributed by atoms with Gasteiger partial charge in [0.15, 0.2) is 6.10 Å². The van der Waals surface area contributed by atoms with Crippen molar-refractivity contribution in [3.63, 3.8) is 0 Å². The van der Waals surface area contributed by atoms with Crippen molar-refractivity contribution < 1.29 is 33.4 Å². The molecule has 0 heterocycles. The summed E-state index contributed by atoms with van der Waals surface area (Å²) in [4.78, 5) is 48.9. The molecule has 3 atom stereocenters. The van der Waals surface area contributed by atoms with Crippen molar-refractivity contribution in [3.05, 3.63) is 12.2 Å². The average Bonchev–Trinajstić information content (AvgIpc) is 3.07. The Morgan fingerprint density at radius 1 is 0.520 bits per heavy atom. The van der Waals surface area contributed by atoms with Crippen molar-refractivity contribution in [3.8, 4) is 0 Å². The zero-order valence-corrected chi connectivity index (χ0v) is 33.0. The standard InChI is InChI=1S/C42H77NO7/c1-6-8-10-12-14-16-18-20-22-24-26-28-30-32-34-41(50-38(5)46)42(47)43-39(35-48-36(3)44)40(49-37(4)45)33-31-29-27-25-23-21-19-17-15-13-11-9-7-2/h32,34,39-41H,6-31,33,35H2,1-5H3,(H,43,47)/b34-32+/t39-,40+,41-/m1/s1. The minimum Gasteiger partial charge on any atom is -0.464 e. The second kappa shape index (κ2) is 35.0. The lowest BCUT2D eigenvalue weighted by Crippen LogP contribution is -2.51. The number of allylic oxidation sites excluding steroid dienone is 1. The van der Waals surface area contributed by atoms with Crippen molar-refractivity contribution in [1.29, 1.82) is 0 Å². The highest BCUT2D eigenvalue weighted by Crippen LogP contribution is 2.17. The highest BCUT2D eigenvalue weighted by Gasteiger charge is 2.30. The quantitative estimate of drug-likeness (QED) is 0.0302. The van der Waals surface area contributed by atoms with Crippen LogP contribution in [0.15, 0.2) is 12.2 Å². The molecule has 292 valence electrons. The molecule has 0 saturated carbocycles. The molecule has 50 heavy (non-hydrogen) atoms. The van der Waals surface area contributed by atoms with Crippen LogP contribution < -0.4 is 5.32 Å². The van der Waals surface area contributed by atoms with Crippen LogP contribution in [0.3, 0.4) is 0 Å². The number of ether oxygens (including phenoxy) is 3. The van der Waals surface area contributed by atoms with Gasteiger partial charge in [-0.15, -0.1) is 0 Å². The molecule has 0 spiro atoms. The fourth-order valence-corrected chi connectivity index (χ4v) is 6.31. The molecule has 0 saturated heterocycles. The number of hydrogen-bond acceptors (Lipinski definition) is 7. The summed E-state index contributed by atoms with van der Waals surface area (Å²) < 4.78 is 16.2. The Balaban J connectivity index is 4.79. The number of esters is 3. The largest absolute Gasteiger partial charge is 0.464 e. The van der Waals surface area contributed by atoms with Crippen LogP contribution in [0.1, 0.15) is 208 Å². The van der Waals surface area contributed by atoms with Crippen LogP contribution >= 0.6 is 0 Å². The van der Waals surface area contributed by atoms with Crippen LogP contribution in [0.4, 0.5) is 0 Å². The van der Waals surface area contributed by atoms with E-state index in [1.807, 2.05) is 6.08 Å². The Morgan fingerprint density at radius 3 is 1.32 bits per heavy atom. The maximum Gasteiger partial charge on any atom is 0.303 e. The van der Waals surface area contributed by atoms with Gasteiger partial charge in [-0.05, 0) is 31.8 Å². The fourth-order valence-electron chi connectivity index (χ4n) is 6.31. The predicted molar refractivity (Wildman–Crippen MR) is 205 cm³/mol. The summed E-state index contributed by atoms with van der Waals surface area (Å²) in [6, 6.07) is -0.768. The van der Waals surface area contributed by atoms with Crippen molar-refractivity contribution in [1.82, 2.24) is 5.32 Å². The molecule has 0 aromatic heterocycles. The van der Waals surface area contributed by atoms with Gasteiger partial charge in [0.25, 0.3) is 5.91 Å². The van der Waals surface area contributed by atoms with E-state index in [0.717, 1.165) is 38.5 Å². The van der Waals surface area contributed by atoms with Crippen LogP contribution in [-0.2, 0) is 33.4 Å². The van der Waals surface area contributed by atoms with Crippen molar-refractivity contribution in [2.75, 3.05) is 6.61 Å². The predicted octanol–water partition coefficient (Wildman–Crippen LogP) is 11.0. The SMILES string of the molecule is CCCCCCCCCCCCCC/C=C/[C@@H](OC(C)=O)C(=O)N[C@H](COC(C)=O)[C@H](CCCCCCCCCCCCCCC)OC(C)=O. The summed E-state index contributed by atoms with van der Waals surface area (Å²) in [5.74, 6) is -2.07. The van der Waals surface area contributed by atoms with Gasteiger partial charge in [0.2, 0.25) is 0 Å². The van der Waals surface area contributed by atoms with Gasteiger partial charge < -0.3 is 19.5 Å². The molecule has 1 amide bonds. The van der Waals surface area contributed by atoms with E-state index in [0.29, 0.717) is 6.42 Å². The average molecular weight is 708 g/mol. The minimum absolute atomic E-state index is 0.146. The van der Waals surface area contributed by atoms with Crippen LogP contribution in [0.2, 0.25) is 0 Å². The molecule has 0 aliphatic carbocycles. The summed E-state index contributed by atoms with van der Waals surface area (Å²) in [6.07, 6.45) is 34.2. The zero-order chi connectivity index (χ0) is 37.1. The number of hydrogen-bond donors (Lipinski definition) is 1. The topological polar surface area (TPSA) is 108 Å². The second-order valence-electron chi connectivity index (χ2n) is 14.2. The summed E-state index contributed by atoms with van der Waals surface area (Å²) in [6.45, 7) is 8.26. The van der Waals surface area contributed by atoms with E-state index in [-0.39, 0.29) is 6.61 Å². The summed E-state index contributed by atoms with van der Waals surface area (Å²) in [5, 5.41) is 2.86. The first-order chi connectivity index (χ1) is 24.2. The number of rotatable bonds is 35. The summed E-state index contributed by atoms with van der Waals surface area (Å²) in [5.41, 5.74) is 0. The third kappa shape index (κ3) is 31.6. The van der Waals surface area contributed by atoms with E-state index in [1.165, 1.54) is 149 Å². The number of nitrogens with one attached hydrogen (secondary N) is 1. The van der Waals surface area contributed by atoms with Crippen LogP contribution in [0, 0.1) is 0 Å². The van der Waals surface area contributed by atoms with Gasteiger partial charge >= 0.3 is 17.9 Å². The van der Waals surface area contributed by atoms with Gasteiger partial charge in [0.05, 0.1) is 0 Å². The van der Waals surface area contributed by atoms with E-state index in [2.05, 4.69) is 19.2 Å². The Morgan fingerprint density at radius 2 is 0.920 bits per heavy atom. The van der Waals surface area contributed by atoms with Crippen LogP contribution in [0.5, 0.6) is 0 Å². The lowest BCUT2D eigenvalue weighted by molar-refractivity contribution is -0.155. The van der Waals surface area contributed by atoms with E-state index in [9.17, 15) is 19.2 Å². The van der Waals surface area contributed by atoms with Gasteiger partial charge in [-0.1, -0.05) is 168 Å². The highest BCUT2D eigenvalue weighted by atomic mass is 16.6. The number of unbranched alkanes of at least 4 members (excludes halogenated alkanes) is 24. The van der Waals surface area contributed by atoms with E-state index in [4.69, 9.17) is 14.2 Å². The van der Waals surface area contributed by atoms with Gasteiger partial charge in [-0.3, -0.25) is 19.2 Å². The van der Waals surface area contributed by atoms with Crippen molar-refractivity contribution in [2.24, 2.45) is 0 Å². The van der Waals surface area contributed by atoms with Gasteiger partial charge in [0, 0.05) is 20.8 Å². The lowest BCUT2D eigenvalue weighted by atomic mass is 10.0. The third-order valence-corrected chi connectivity index (χ3v) is 9.24. The molecule has 0 aliphatic rings. The van der Waals surface area contributed by atoms with E-state index < -0.39 is 42.1 Å². The molecule has 0 aromatic carbocycles. The minimum atomic E-state index is -1.13. The number of carbonyl (C=O) groups is 4. The molecule has 0 aromatic rings. The first-order valence-electron chi connectivity index (χ1n) is 20.7. The molecule has 0 fully saturated rings. The maximum atomic E-state index is 13.4. The molecule has 8 nitrogen and oxygen atoms in total. The highest BCUT2D eigenvalue weighted by molar-refractivity contribution is 5.85. The molecule has 0 unspecified atom stereocenters. The number of carbonyl (C=O) groups excluding carboxylic acids is 4. The Hall–Kier alpha value is -2.38. The zero-order valence-electron chi connectivity index (χ0n) is 33.0. The normalized spacial score (nSPS) is 13.1. The second-order valence-corrected chi connectivity index (χ2v) is 14.2. The molecular formula is C42H77NO7. The van der Waals surface area contributed by atoms with E-state index in [1.54, 1.807) is 6.08 Å². The van der Waals surface area contributed by atoms with Crippen LogP contribution in [-0.4, -0.2) is 48.7 Å². The molecule has 0 rings (SSSR count). The summed E-state index contributed by atoms with van der Waals surface area (Å²) >= 11 is 0. The Labute approximate surface area is 307 Å². The Bertz CT molecular complexity index is 874. The molecule has 0 radical (unpaired) electrons. The van der Waals surface area contributed by atoms with Gasteiger partial charge in [-0.2, -0.15) is 0 Å². The molecule has 0 bridgehead atoms. The Kier molecular flexibility index (Phi) is 33.4. The van der Waals surface area contributed by atoms with Crippen molar-refractivity contribution >= 4 is 23.8 Å². The van der Waals surface area contributed by atoms with Gasteiger partial charge in [-0.25, -0.2) is 0 Å².